The van der Waals surface area contributed by atoms with Crippen LogP contribution in [0.1, 0.15) is 18.9 Å². The van der Waals surface area contributed by atoms with Crippen molar-refractivity contribution >= 4 is 0 Å². The number of methoxy groups -OCH3 is 1. The fourth-order valence-corrected chi connectivity index (χ4v) is 2.30. The molecule has 100 valence electrons. The third-order valence-electron chi connectivity index (χ3n) is 3.64. The highest BCUT2D eigenvalue weighted by Gasteiger charge is 2.21. The lowest BCUT2D eigenvalue weighted by atomic mass is 9.97. The highest BCUT2D eigenvalue weighted by atomic mass is 16.5. The van der Waals surface area contributed by atoms with Gasteiger partial charge in [0.15, 0.2) is 0 Å². The van der Waals surface area contributed by atoms with Crippen LogP contribution in [0.15, 0.2) is 24.3 Å². The van der Waals surface area contributed by atoms with Crippen LogP contribution in [0.2, 0.25) is 0 Å². The molecule has 3 heteroatoms. The number of piperidine rings is 1. The minimum absolute atomic E-state index is 0.372. The van der Waals surface area contributed by atoms with Gasteiger partial charge in [-0.05, 0) is 43.0 Å². The van der Waals surface area contributed by atoms with Gasteiger partial charge in [-0.15, -0.1) is 0 Å². The predicted octanol–water partition coefficient (Wildman–Crippen LogP) is 2.25. The molecule has 1 N–H and O–H groups in total. The van der Waals surface area contributed by atoms with Crippen molar-refractivity contribution in [2.45, 2.75) is 25.9 Å². The molecular weight excluding hydrogens is 226 g/mol. The molecule has 2 atom stereocenters. The molecular formula is C15H23NO2. The summed E-state index contributed by atoms with van der Waals surface area (Å²) in [5, 5.41) is 3.39. The highest BCUT2D eigenvalue weighted by molar-refractivity contribution is 5.27. The lowest BCUT2D eigenvalue weighted by Crippen LogP contribution is -2.41. The third kappa shape index (κ3) is 3.72. The van der Waals surface area contributed by atoms with Crippen LogP contribution in [0.5, 0.6) is 5.75 Å². The Labute approximate surface area is 109 Å². The second-order valence-corrected chi connectivity index (χ2v) is 4.98. The molecule has 2 unspecified atom stereocenters. The number of hydrogen-bond donors (Lipinski definition) is 1. The number of rotatable bonds is 5. The van der Waals surface area contributed by atoms with E-state index in [1.54, 1.807) is 7.11 Å². The summed E-state index contributed by atoms with van der Waals surface area (Å²) in [6.07, 6.45) is 2.55. The molecule has 1 aliphatic rings. The Balaban J connectivity index is 1.73. The molecule has 0 spiro atoms. The smallest absolute Gasteiger partial charge is 0.118 e. The first-order valence-electron chi connectivity index (χ1n) is 6.75. The molecule has 3 nitrogen and oxygen atoms in total. The number of benzene rings is 1. The Morgan fingerprint density at radius 1 is 1.28 bits per heavy atom. The Morgan fingerprint density at radius 3 is 2.72 bits per heavy atom. The van der Waals surface area contributed by atoms with Crippen molar-refractivity contribution in [1.82, 2.24) is 5.32 Å². The molecule has 0 aromatic heterocycles. The van der Waals surface area contributed by atoms with Gasteiger partial charge in [0, 0.05) is 6.54 Å². The number of hydrogen-bond acceptors (Lipinski definition) is 3. The summed E-state index contributed by atoms with van der Waals surface area (Å²) >= 11 is 0. The van der Waals surface area contributed by atoms with E-state index in [2.05, 4.69) is 24.4 Å². The summed E-state index contributed by atoms with van der Waals surface area (Å²) < 4.78 is 11.1. The number of ether oxygens (including phenoxy) is 2. The van der Waals surface area contributed by atoms with E-state index >= 15 is 0 Å². The summed E-state index contributed by atoms with van der Waals surface area (Å²) in [5.74, 6) is 1.58. The molecule has 0 aliphatic carbocycles. The fourth-order valence-electron chi connectivity index (χ4n) is 2.30. The van der Waals surface area contributed by atoms with E-state index in [0.29, 0.717) is 12.0 Å². The first-order chi connectivity index (χ1) is 8.79. The topological polar surface area (TPSA) is 30.5 Å². The van der Waals surface area contributed by atoms with Gasteiger partial charge in [-0.3, -0.25) is 0 Å². The van der Waals surface area contributed by atoms with Crippen LogP contribution >= 0.6 is 0 Å². The molecule has 0 bridgehead atoms. The molecule has 2 rings (SSSR count). The van der Waals surface area contributed by atoms with Gasteiger partial charge in [0.2, 0.25) is 0 Å². The van der Waals surface area contributed by atoms with Crippen LogP contribution < -0.4 is 10.1 Å². The van der Waals surface area contributed by atoms with Crippen molar-refractivity contribution in [3.05, 3.63) is 29.8 Å². The largest absolute Gasteiger partial charge is 0.497 e. The van der Waals surface area contributed by atoms with Crippen LogP contribution in [-0.2, 0) is 11.2 Å². The minimum Gasteiger partial charge on any atom is -0.497 e. The van der Waals surface area contributed by atoms with Gasteiger partial charge >= 0.3 is 0 Å². The lowest BCUT2D eigenvalue weighted by molar-refractivity contribution is 0.00576. The van der Waals surface area contributed by atoms with E-state index in [-0.39, 0.29) is 0 Å². The standard InChI is InChI=1S/C15H23NO2/c1-12-7-9-16-11-15(12)18-10-8-13-3-5-14(17-2)6-4-13/h3-6,12,15-16H,7-11H2,1-2H3. The zero-order chi connectivity index (χ0) is 12.8. The average molecular weight is 249 g/mol. The summed E-state index contributed by atoms with van der Waals surface area (Å²) in [5.41, 5.74) is 1.30. The summed E-state index contributed by atoms with van der Waals surface area (Å²) in [6.45, 7) is 5.19. The minimum atomic E-state index is 0.372. The monoisotopic (exact) mass is 249 g/mol. The molecule has 1 heterocycles. The summed E-state index contributed by atoms with van der Waals surface area (Å²) in [6, 6.07) is 8.20. The van der Waals surface area contributed by atoms with E-state index in [1.807, 2.05) is 12.1 Å². The van der Waals surface area contributed by atoms with Crippen molar-refractivity contribution in [2.75, 3.05) is 26.8 Å². The van der Waals surface area contributed by atoms with Crippen LogP contribution in [0.3, 0.4) is 0 Å². The molecule has 0 saturated carbocycles. The van der Waals surface area contributed by atoms with Crippen LogP contribution in [0.4, 0.5) is 0 Å². The average Bonchev–Trinajstić information content (AvgIpc) is 2.42. The van der Waals surface area contributed by atoms with E-state index in [0.717, 1.165) is 31.9 Å². The Kier molecular flexibility index (Phi) is 5.02. The third-order valence-corrected chi connectivity index (χ3v) is 3.64. The van der Waals surface area contributed by atoms with E-state index < -0.39 is 0 Å². The van der Waals surface area contributed by atoms with Crippen LogP contribution in [-0.4, -0.2) is 32.9 Å². The van der Waals surface area contributed by atoms with Gasteiger partial charge in [-0.1, -0.05) is 19.1 Å². The first-order valence-corrected chi connectivity index (χ1v) is 6.75. The number of nitrogens with one attached hydrogen (secondary N) is 1. The van der Waals surface area contributed by atoms with Crippen molar-refractivity contribution in [1.29, 1.82) is 0 Å². The molecule has 18 heavy (non-hydrogen) atoms. The normalized spacial score (nSPS) is 23.9. The van der Waals surface area contributed by atoms with E-state index in [9.17, 15) is 0 Å². The fraction of sp³-hybridized carbons (Fsp3) is 0.600. The molecule has 1 aromatic rings. The van der Waals surface area contributed by atoms with E-state index in [4.69, 9.17) is 9.47 Å². The predicted molar refractivity (Wildman–Crippen MR) is 73.1 cm³/mol. The Bertz CT molecular complexity index is 350. The molecule has 0 radical (unpaired) electrons. The quantitative estimate of drug-likeness (QED) is 0.868. The van der Waals surface area contributed by atoms with Gasteiger partial charge < -0.3 is 14.8 Å². The summed E-state index contributed by atoms with van der Waals surface area (Å²) in [7, 11) is 1.69. The zero-order valence-electron chi connectivity index (χ0n) is 11.3. The van der Waals surface area contributed by atoms with Crippen molar-refractivity contribution in [2.24, 2.45) is 5.92 Å². The van der Waals surface area contributed by atoms with E-state index in [1.165, 1.54) is 12.0 Å². The zero-order valence-corrected chi connectivity index (χ0v) is 11.3. The van der Waals surface area contributed by atoms with Crippen molar-refractivity contribution in [3.63, 3.8) is 0 Å². The van der Waals surface area contributed by atoms with Gasteiger partial charge in [-0.2, -0.15) is 0 Å². The molecule has 0 amide bonds. The Morgan fingerprint density at radius 2 is 2.06 bits per heavy atom. The van der Waals surface area contributed by atoms with Gasteiger partial charge in [0.05, 0.1) is 19.8 Å². The second-order valence-electron chi connectivity index (χ2n) is 4.98. The Hall–Kier alpha value is -1.06. The summed E-state index contributed by atoms with van der Waals surface area (Å²) in [4.78, 5) is 0. The molecule has 1 fully saturated rings. The van der Waals surface area contributed by atoms with Crippen molar-refractivity contribution < 1.29 is 9.47 Å². The highest BCUT2D eigenvalue weighted by Crippen LogP contribution is 2.16. The first kappa shape index (κ1) is 13.4. The van der Waals surface area contributed by atoms with Crippen molar-refractivity contribution in [3.8, 4) is 5.75 Å². The van der Waals surface area contributed by atoms with Gasteiger partial charge in [0.25, 0.3) is 0 Å². The maximum absolute atomic E-state index is 5.96. The second kappa shape index (κ2) is 6.76. The van der Waals surface area contributed by atoms with Crippen LogP contribution in [0.25, 0.3) is 0 Å². The molecule has 1 saturated heterocycles. The maximum atomic E-state index is 5.96. The maximum Gasteiger partial charge on any atom is 0.118 e. The SMILES string of the molecule is COc1ccc(CCOC2CNCCC2C)cc1. The van der Waals surface area contributed by atoms with Gasteiger partial charge in [0.1, 0.15) is 5.75 Å². The van der Waals surface area contributed by atoms with Gasteiger partial charge in [-0.25, -0.2) is 0 Å². The molecule has 1 aromatic carbocycles. The lowest BCUT2D eigenvalue weighted by Gasteiger charge is -2.29. The van der Waals surface area contributed by atoms with Crippen LogP contribution in [0, 0.1) is 5.92 Å². The molecule has 1 aliphatic heterocycles.